The predicted molar refractivity (Wildman–Crippen MR) is 113 cm³/mol. The van der Waals surface area contributed by atoms with E-state index in [2.05, 4.69) is 17.6 Å². The zero-order valence-electron chi connectivity index (χ0n) is 17.6. The monoisotopic (exact) mass is 417 g/mol. The largest absolute Gasteiger partial charge is 0.465 e. The molecule has 29 heavy (non-hydrogen) atoms. The zero-order chi connectivity index (χ0) is 20.2. The number of fused-ring (bicyclic) bond motifs is 1. The van der Waals surface area contributed by atoms with Crippen molar-refractivity contribution < 1.29 is 19.6 Å². The Morgan fingerprint density at radius 2 is 1.83 bits per heavy atom. The van der Waals surface area contributed by atoms with Crippen molar-refractivity contribution >= 4 is 28.2 Å². The number of nitrogens with one attached hydrogen (secondary N) is 1. The predicted octanol–water partition coefficient (Wildman–Crippen LogP) is 3.13. The van der Waals surface area contributed by atoms with Gasteiger partial charge in [-0.05, 0) is 67.8 Å². The normalized spacial score (nSPS) is 34.7. The van der Waals surface area contributed by atoms with Crippen molar-refractivity contribution in [3.8, 4) is 0 Å². The highest BCUT2D eigenvalue weighted by molar-refractivity contribution is 7.17. The molecule has 4 bridgehead atoms. The number of quaternary nitrogens is 1. The highest BCUT2D eigenvalue weighted by Crippen LogP contribution is 2.54. The Kier molecular flexibility index (Phi) is 4.98. The molecule has 0 unspecified atom stereocenters. The van der Waals surface area contributed by atoms with Crippen LogP contribution in [0.4, 0.5) is 5.00 Å². The lowest BCUT2D eigenvalue weighted by Crippen LogP contribution is -3.00. The summed E-state index contributed by atoms with van der Waals surface area (Å²) >= 11 is 1.58. The lowest BCUT2D eigenvalue weighted by atomic mass is 9.53. The van der Waals surface area contributed by atoms with Gasteiger partial charge >= 0.3 is 5.97 Å². The number of anilines is 1. The molecule has 6 rings (SSSR count). The molecule has 0 spiro atoms. The number of nitrogens with two attached hydrogens (primary N) is 1. The van der Waals surface area contributed by atoms with E-state index in [-0.39, 0.29) is 11.9 Å². The number of amides is 1. The molecule has 0 radical (unpaired) electrons. The van der Waals surface area contributed by atoms with Gasteiger partial charge < -0.3 is 15.4 Å². The molecule has 1 atom stereocenters. The molecule has 4 fully saturated rings. The first-order valence-corrected chi connectivity index (χ1v) is 12.1. The molecule has 1 aromatic rings. The minimum absolute atomic E-state index is 0.0116. The van der Waals surface area contributed by atoms with Gasteiger partial charge in [-0.2, -0.15) is 0 Å². The van der Waals surface area contributed by atoms with Crippen LogP contribution >= 0.6 is 11.3 Å². The fraction of sp³-hybridized carbons (Fsp3) is 0.739. The highest BCUT2D eigenvalue weighted by Gasteiger charge is 2.53. The molecular weight excluding hydrogens is 384 g/mol. The Morgan fingerprint density at radius 3 is 2.45 bits per heavy atom. The van der Waals surface area contributed by atoms with Gasteiger partial charge in [0.05, 0.1) is 18.2 Å². The quantitative estimate of drug-likeness (QED) is 0.723. The van der Waals surface area contributed by atoms with Gasteiger partial charge in [-0.15, -0.1) is 11.3 Å². The third-order valence-electron chi connectivity index (χ3n) is 7.96. The molecule has 0 aromatic carbocycles. The molecule has 5 aliphatic carbocycles. The van der Waals surface area contributed by atoms with Crippen LogP contribution in [0.25, 0.3) is 0 Å². The standard InChI is InChI=1S/C23H32N2O3S/c1-13-3-4-17-18(5-13)29-21(20(17)22(27)28-2)25-19(26)12-24-23-9-14-6-15(10-23)8-16(7-14)11-23/h13-16,24H,3-12H2,1-2H3,(H,25,26)/p+1/t13-,14?,15?,16?,23?/m0/s1. The van der Waals surface area contributed by atoms with Crippen molar-refractivity contribution in [2.24, 2.45) is 23.7 Å². The summed E-state index contributed by atoms with van der Waals surface area (Å²) in [7, 11) is 1.42. The molecule has 1 aromatic heterocycles. The second-order valence-electron chi connectivity index (χ2n) is 10.3. The van der Waals surface area contributed by atoms with Crippen LogP contribution < -0.4 is 10.6 Å². The van der Waals surface area contributed by atoms with Gasteiger partial charge in [0.25, 0.3) is 5.91 Å². The van der Waals surface area contributed by atoms with Gasteiger partial charge in [-0.1, -0.05) is 6.92 Å². The number of ether oxygens (including phenoxy) is 1. The number of esters is 1. The van der Waals surface area contributed by atoms with E-state index in [1.807, 2.05) is 0 Å². The highest BCUT2D eigenvalue weighted by atomic mass is 32.1. The van der Waals surface area contributed by atoms with Crippen LogP contribution in [0.1, 0.15) is 72.7 Å². The number of rotatable bonds is 5. The maximum atomic E-state index is 12.9. The van der Waals surface area contributed by atoms with Gasteiger partial charge in [-0.3, -0.25) is 4.79 Å². The molecule has 0 saturated heterocycles. The molecule has 158 valence electrons. The number of hydrogen-bond donors (Lipinski definition) is 2. The lowest BCUT2D eigenvalue weighted by molar-refractivity contribution is -0.729. The number of carbonyl (C=O) groups excluding carboxylic acids is 2. The van der Waals surface area contributed by atoms with E-state index in [0.717, 1.165) is 42.6 Å². The SMILES string of the molecule is COC(=O)c1c(NC(=O)C[NH2+]C23CC4CC(CC(C4)C2)C3)sc2c1CC[C@H](C)C2. The van der Waals surface area contributed by atoms with Gasteiger partial charge in [0.2, 0.25) is 0 Å². The van der Waals surface area contributed by atoms with Crippen molar-refractivity contribution in [2.45, 2.75) is 70.3 Å². The van der Waals surface area contributed by atoms with E-state index in [0.29, 0.717) is 28.6 Å². The van der Waals surface area contributed by atoms with E-state index >= 15 is 0 Å². The summed E-state index contributed by atoms with van der Waals surface area (Å²) in [6.45, 7) is 2.70. The van der Waals surface area contributed by atoms with E-state index in [1.165, 1.54) is 50.5 Å². The van der Waals surface area contributed by atoms with Gasteiger partial charge in [0.15, 0.2) is 6.54 Å². The van der Waals surface area contributed by atoms with Crippen molar-refractivity contribution in [1.29, 1.82) is 0 Å². The fourth-order valence-electron chi connectivity index (χ4n) is 7.07. The van der Waals surface area contributed by atoms with E-state index < -0.39 is 0 Å². The molecule has 1 heterocycles. The van der Waals surface area contributed by atoms with Crippen LogP contribution in [-0.4, -0.2) is 31.1 Å². The lowest BCUT2D eigenvalue weighted by Gasteiger charge is -2.54. The number of hydrogen-bond acceptors (Lipinski definition) is 4. The van der Waals surface area contributed by atoms with Crippen LogP contribution in [0.2, 0.25) is 0 Å². The van der Waals surface area contributed by atoms with Crippen molar-refractivity contribution in [3.63, 3.8) is 0 Å². The summed E-state index contributed by atoms with van der Waals surface area (Å²) in [6.07, 6.45) is 11.1. The summed E-state index contributed by atoms with van der Waals surface area (Å²) in [5, 5.41) is 6.11. The molecule has 4 saturated carbocycles. The first-order chi connectivity index (χ1) is 13.9. The first-order valence-electron chi connectivity index (χ1n) is 11.3. The summed E-state index contributed by atoms with van der Waals surface area (Å²) in [5.41, 5.74) is 1.99. The Bertz CT molecular complexity index is 795. The molecule has 1 amide bonds. The van der Waals surface area contributed by atoms with E-state index in [4.69, 9.17) is 4.74 Å². The van der Waals surface area contributed by atoms with Crippen LogP contribution in [0.5, 0.6) is 0 Å². The molecule has 3 N–H and O–H groups in total. The third-order valence-corrected chi connectivity index (χ3v) is 9.13. The van der Waals surface area contributed by atoms with Crippen LogP contribution in [0.3, 0.4) is 0 Å². The van der Waals surface area contributed by atoms with Gasteiger partial charge in [0, 0.05) is 24.1 Å². The van der Waals surface area contributed by atoms with Crippen molar-refractivity contribution in [2.75, 3.05) is 19.0 Å². The smallest absolute Gasteiger partial charge is 0.341 e. The molecule has 6 heteroatoms. The topological polar surface area (TPSA) is 72.0 Å². The first kappa shape index (κ1) is 19.6. The Morgan fingerprint density at radius 1 is 1.17 bits per heavy atom. The maximum Gasteiger partial charge on any atom is 0.341 e. The van der Waals surface area contributed by atoms with Crippen LogP contribution in [-0.2, 0) is 22.4 Å². The van der Waals surface area contributed by atoms with E-state index in [9.17, 15) is 9.59 Å². The number of thiophene rings is 1. The van der Waals surface area contributed by atoms with Gasteiger partial charge in [-0.25, -0.2) is 4.79 Å². The molecule has 0 aliphatic heterocycles. The van der Waals surface area contributed by atoms with E-state index in [1.54, 1.807) is 11.3 Å². The average Bonchev–Trinajstić information content (AvgIpc) is 3.01. The second-order valence-corrected chi connectivity index (χ2v) is 11.4. The molecule has 5 nitrogen and oxygen atoms in total. The maximum absolute atomic E-state index is 12.9. The van der Waals surface area contributed by atoms with Crippen LogP contribution in [0.15, 0.2) is 0 Å². The third kappa shape index (κ3) is 3.63. The Balaban J connectivity index is 1.28. The minimum Gasteiger partial charge on any atom is -0.465 e. The van der Waals surface area contributed by atoms with Gasteiger partial charge in [0.1, 0.15) is 5.00 Å². The summed E-state index contributed by atoms with van der Waals surface area (Å²) in [6, 6.07) is 0. The Hall–Kier alpha value is -1.40. The summed E-state index contributed by atoms with van der Waals surface area (Å²) in [4.78, 5) is 26.5. The molecular formula is C23H33N2O3S+. The fourth-order valence-corrected chi connectivity index (χ4v) is 8.49. The number of carbonyl (C=O) groups is 2. The van der Waals surface area contributed by atoms with Crippen LogP contribution in [0, 0.1) is 23.7 Å². The second kappa shape index (κ2) is 7.38. The number of methoxy groups -OCH3 is 1. The molecule has 5 aliphatic rings. The van der Waals surface area contributed by atoms with Crippen molar-refractivity contribution in [3.05, 3.63) is 16.0 Å². The Labute approximate surface area is 177 Å². The summed E-state index contributed by atoms with van der Waals surface area (Å²) < 4.78 is 5.04. The summed E-state index contributed by atoms with van der Waals surface area (Å²) in [5.74, 6) is 2.97. The minimum atomic E-state index is -0.322. The average molecular weight is 418 g/mol. The zero-order valence-corrected chi connectivity index (χ0v) is 18.4. The van der Waals surface area contributed by atoms with Crippen molar-refractivity contribution in [1.82, 2.24) is 0 Å².